The first-order chi connectivity index (χ1) is 10.3. The molecule has 0 heterocycles. The molecule has 0 saturated heterocycles. The molecule has 0 atom stereocenters. The predicted molar refractivity (Wildman–Crippen MR) is 93.8 cm³/mol. The second-order valence-electron chi connectivity index (χ2n) is 5.89. The first-order valence-electron chi connectivity index (χ1n) is 8.84. The molecule has 0 unspecified atom stereocenters. The lowest BCUT2D eigenvalue weighted by Crippen LogP contribution is -1.87. The highest BCUT2D eigenvalue weighted by Crippen LogP contribution is 2.13. The van der Waals surface area contributed by atoms with Gasteiger partial charge in [-0.25, -0.2) is 0 Å². The molecule has 0 fully saturated rings. The van der Waals surface area contributed by atoms with Crippen LogP contribution < -0.4 is 0 Å². The molecule has 0 radical (unpaired) electrons. The molecule has 0 aliphatic carbocycles. The van der Waals surface area contributed by atoms with Crippen molar-refractivity contribution in [2.24, 2.45) is 0 Å². The summed E-state index contributed by atoms with van der Waals surface area (Å²) in [7, 11) is 0. The van der Waals surface area contributed by atoms with E-state index in [0.29, 0.717) is 0 Å². The maximum atomic E-state index is 10.7. The fourth-order valence-corrected chi connectivity index (χ4v) is 3.13. The van der Waals surface area contributed by atoms with Crippen LogP contribution in [0.5, 0.6) is 0 Å². The van der Waals surface area contributed by atoms with Gasteiger partial charge in [0.2, 0.25) is 0 Å². The van der Waals surface area contributed by atoms with Crippen molar-refractivity contribution in [2.45, 2.75) is 96.8 Å². The van der Waals surface area contributed by atoms with Crippen molar-refractivity contribution in [3.05, 3.63) is 0 Å². The molecule has 3 heteroatoms. The quantitative estimate of drug-likeness (QED) is 0.262. The molecule has 0 aromatic heterocycles. The smallest absolute Gasteiger partial charge is 0.185 e. The van der Waals surface area contributed by atoms with Crippen LogP contribution in [0.2, 0.25) is 0 Å². The maximum absolute atomic E-state index is 10.7. The van der Waals surface area contributed by atoms with E-state index in [1.165, 1.54) is 88.8 Å². The van der Waals surface area contributed by atoms with Crippen molar-refractivity contribution >= 4 is 23.2 Å². The van der Waals surface area contributed by atoms with E-state index in [2.05, 4.69) is 0 Å². The summed E-state index contributed by atoms with van der Waals surface area (Å²) in [5.74, 6) is 1.00. The number of rotatable bonds is 16. The van der Waals surface area contributed by atoms with Crippen molar-refractivity contribution in [3.63, 3.8) is 0 Å². The molecule has 0 bridgehead atoms. The highest BCUT2D eigenvalue weighted by atomic mass is 32.2. The van der Waals surface area contributed by atoms with Gasteiger partial charge in [0, 0.05) is 19.1 Å². The van der Waals surface area contributed by atoms with Crippen molar-refractivity contribution in [1.29, 1.82) is 0 Å². The zero-order valence-electron chi connectivity index (χ0n) is 13.9. The molecule has 0 aromatic carbocycles. The van der Waals surface area contributed by atoms with Gasteiger partial charge in [-0.2, -0.15) is 0 Å². The van der Waals surface area contributed by atoms with E-state index in [1.54, 1.807) is 6.92 Å². The van der Waals surface area contributed by atoms with E-state index in [0.717, 1.165) is 24.9 Å². The molecule has 0 aromatic rings. The van der Waals surface area contributed by atoms with Crippen LogP contribution >= 0.6 is 11.8 Å². The second kappa shape index (κ2) is 17.7. The topological polar surface area (TPSA) is 34.1 Å². The lowest BCUT2D eigenvalue weighted by molar-refractivity contribution is -0.109. The van der Waals surface area contributed by atoms with Crippen LogP contribution in [0.25, 0.3) is 0 Å². The predicted octanol–water partition coefficient (Wildman–Crippen LogP) is 5.93. The monoisotopic (exact) mass is 314 g/mol. The Balaban J connectivity index is 2.96. The largest absolute Gasteiger partial charge is 0.303 e. The number of carbonyl (C=O) groups is 2. The summed E-state index contributed by atoms with van der Waals surface area (Å²) >= 11 is 1.46. The average molecular weight is 315 g/mol. The minimum Gasteiger partial charge on any atom is -0.303 e. The van der Waals surface area contributed by atoms with Crippen LogP contribution in [-0.4, -0.2) is 17.2 Å². The van der Waals surface area contributed by atoms with Gasteiger partial charge >= 0.3 is 0 Å². The molecular formula is C18H34O2S. The Morgan fingerprint density at radius 3 is 1.48 bits per heavy atom. The van der Waals surface area contributed by atoms with Crippen molar-refractivity contribution in [2.75, 3.05) is 5.75 Å². The molecule has 124 valence electrons. The SMILES string of the molecule is CC(=O)SCCCCCCCCCCCCCCCC=O. The Labute approximate surface area is 135 Å². The summed E-state index contributed by atoms with van der Waals surface area (Å²) < 4.78 is 0. The summed E-state index contributed by atoms with van der Waals surface area (Å²) in [5, 5.41) is 0.249. The van der Waals surface area contributed by atoms with E-state index in [9.17, 15) is 9.59 Å². The Morgan fingerprint density at radius 2 is 1.10 bits per heavy atom. The van der Waals surface area contributed by atoms with E-state index >= 15 is 0 Å². The van der Waals surface area contributed by atoms with Gasteiger partial charge in [-0.3, -0.25) is 4.79 Å². The van der Waals surface area contributed by atoms with Crippen LogP contribution in [0.15, 0.2) is 0 Å². The van der Waals surface area contributed by atoms with Crippen LogP contribution in [0.4, 0.5) is 0 Å². The molecule has 0 saturated carbocycles. The number of thioether (sulfide) groups is 1. The number of unbranched alkanes of at least 4 members (excludes halogenated alkanes) is 13. The molecule has 0 aliphatic rings. The van der Waals surface area contributed by atoms with Crippen molar-refractivity contribution in [3.8, 4) is 0 Å². The van der Waals surface area contributed by atoms with Crippen LogP contribution in [0.1, 0.15) is 96.8 Å². The van der Waals surface area contributed by atoms with E-state index in [1.807, 2.05) is 0 Å². The summed E-state index contributed by atoms with van der Waals surface area (Å²) in [5.41, 5.74) is 0. The molecule has 0 aliphatic heterocycles. The molecule has 0 rings (SSSR count). The maximum Gasteiger partial charge on any atom is 0.185 e. The molecule has 2 nitrogen and oxygen atoms in total. The highest BCUT2D eigenvalue weighted by molar-refractivity contribution is 8.13. The number of hydrogen-bond donors (Lipinski definition) is 0. The van der Waals surface area contributed by atoms with Gasteiger partial charge in [-0.15, -0.1) is 0 Å². The fourth-order valence-electron chi connectivity index (χ4n) is 2.49. The second-order valence-corrected chi connectivity index (χ2v) is 7.16. The molecular weight excluding hydrogens is 280 g/mol. The molecule has 0 N–H and O–H groups in total. The van der Waals surface area contributed by atoms with Gasteiger partial charge in [-0.1, -0.05) is 82.4 Å². The third-order valence-corrected chi connectivity index (χ3v) is 4.67. The summed E-state index contributed by atoms with van der Waals surface area (Å²) in [6.07, 6.45) is 18.7. The van der Waals surface area contributed by atoms with Crippen molar-refractivity contribution < 1.29 is 9.59 Å². The summed E-state index contributed by atoms with van der Waals surface area (Å²) in [6, 6.07) is 0. The Hall–Kier alpha value is -0.310. The standard InChI is InChI=1S/C18H34O2S/c1-18(20)21-17-15-13-11-9-7-5-3-2-4-6-8-10-12-14-16-19/h16H,2-15,17H2,1H3. The third-order valence-electron chi connectivity index (χ3n) is 3.77. The van der Waals surface area contributed by atoms with Gasteiger partial charge in [-0.05, 0) is 12.8 Å². The zero-order valence-corrected chi connectivity index (χ0v) is 14.7. The summed E-state index contributed by atoms with van der Waals surface area (Å²) in [6.45, 7) is 1.65. The van der Waals surface area contributed by atoms with Gasteiger partial charge in [0.15, 0.2) is 5.12 Å². The molecule has 21 heavy (non-hydrogen) atoms. The number of hydrogen-bond acceptors (Lipinski definition) is 3. The van der Waals surface area contributed by atoms with Crippen molar-refractivity contribution in [1.82, 2.24) is 0 Å². The minimum absolute atomic E-state index is 0.249. The zero-order chi connectivity index (χ0) is 15.6. The normalized spacial score (nSPS) is 10.7. The van der Waals surface area contributed by atoms with Gasteiger partial charge in [0.25, 0.3) is 0 Å². The third kappa shape index (κ3) is 19.7. The fraction of sp³-hybridized carbons (Fsp3) is 0.889. The number of aldehydes is 1. The van der Waals surface area contributed by atoms with Crippen LogP contribution in [0.3, 0.4) is 0 Å². The van der Waals surface area contributed by atoms with E-state index < -0.39 is 0 Å². The molecule has 0 amide bonds. The minimum atomic E-state index is 0.249. The summed E-state index contributed by atoms with van der Waals surface area (Å²) in [4.78, 5) is 20.9. The van der Waals surface area contributed by atoms with Gasteiger partial charge in [0.05, 0.1) is 0 Å². The lowest BCUT2D eigenvalue weighted by atomic mass is 10.0. The Kier molecular flexibility index (Phi) is 17.5. The van der Waals surface area contributed by atoms with Crippen LogP contribution in [0, 0.1) is 0 Å². The van der Waals surface area contributed by atoms with E-state index in [-0.39, 0.29) is 5.12 Å². The molecule has 0 spiro atoms. The first-order valence-corrected chi connectivity index (χ1v) is 9.83. The van der Waals surface area contributed by atoms with Crippen LogP contribution in [-0.2, 0) is 9.59 Å². The Bertz CT molecular complexity index is 241. The highest BCUT2D eigenvalue weighted by Gasteiger charge is 1.96. The van der Waals surface area contributed by atoms with Gasteiger partial charge in [0.1, 0.15) is 6.29 Å². The van der Waals surface area contributed by atoms with Gasteiger partial charge < -0.3 is 4.79 Å². The number of carbonyl (C=O) groups excluding carboxylic acids is 2. The Morgan fingerprint density at radius 1 is 0.714 bits per heavy atom. The first kappa shape index (κ1) is 20.7. The average Bonchev–Trinajstić information content (AvgIpc) is 2.46. The lowest BCUT2D eigenvalue weighted by Gasteiger charge is -2.03. The van der Waals surface area contributed by atoms with E-state index in [4.69, 9.17) is 0 Å².